The van der Waals surface area contributed by atoms with Crippen LogP contribution in [-0.2, 0) is 11.4 Å². The molecule has 0 fully saturated rings. The van der Waals surface area contributed by atoms with E-state index in [-0.39, 0.29) is 11.8 Å². The van der Waals surface area contributed by atoms with Crippen LogP contribution in [0.15, 0.2) is 48.5 Å². The lowest BCUT2D eigenvalue weighted by atomic mass is 9.85. The van der Waals surface area contributed by atoms with Gasteiger partial charge in [-0.1, -0.05) is 42.5 Å². The minimum Gasteiger partial charge on any atom is -0.489 e. The van der Waals surface area contributed by atoms with E-state index in [1.807, 2.05) is 43.3 Å². The first kappa shape index (κ1) is 16.4. The van der Waals surface area contributed by atoms with Crippen LogP contribution in [0.2, 0.25) is 0 Å². The number of aryl methyl sites for hydroxylation is 2. The van der Waals surface area contributed by atoms with Crippen molar-refractivity contribution in [3.8, 4) is 5.75 Å². The molecule has 1 amide bonds. The lowest BCUT2D eigenvalue weighted by Gasteiger charge is -2.25. The summed E-state index contributed by atoms with van der Waals surface area (Å²) in [5, 5.41) is 10.0. The molecule has 26 heavy (non-hydrogen) atoms. The van der Waals surface area contributed by atoms with Crippen molar-refractivity contribution in [2.75, 3.05) is 5.32 Å². The molecular formula is C21H21N3O2. The number of fused-ring (bicyclic) bond motifs is 1. The molecule has 1 aromatic heterocycles. The van der Waals surface area contributed by atoms with Crippen LogP contribution in [0.3, 0.4) is 0 Å². The second kappa shape index (κ2) is 6.67. The molecule has 5 nitrogen and oxygen atoms in total. The zero-order valence-corrected chi connectivity index (χ0v) is 14.9. The Kier molecular flexibility index (Phi) is 4.21. The number of nitrogens with zero attached hydrogens (tertiary/aromatic N) is 1. The largest absolute Gasteiger partial charge is 0.489 e. The lowest BCUT2D eigenvalue weighted by molar-refractivity contribution is -0.116. The average molecular weight is 347 g/mol. The number of aromatic nitrogens is 2. The Hall–Kier alpha value is -3.08. The van der Waals surface area contributed by atoms with Crippen LogP contribution in [0.1, 0.15) is 40.3 Å². The van der Waals surface area contributed by atoms with Crippen LogP contribution >= 0.6 is 0 Å². The summed E-state index contributed by atoms with van der Waals surface area (Å²) in [6.07, 6.45) is 0.387. The first-order chi connectivity index (χ1) is 12.6. The monoisotopic (exact) mass is 347 g/mol. The van der Waals surface area contributed by atoms with Gasteiger partial charge in [0.15, 0.2) is 5.82 Å². The average Bonchev–Trinajstić information content (AvgIpc) is 3.01. The number of carbonyl (C=O) groups is 1. The van der Waals surface area contributed by atoms with Gasteiger partial charge in [-0.25, -0.2) is 0 Å². The highest BCUT2D eigenvalue weighted by atomic mass is 16.5. The fraction of sp³-hybridized carbons (Fsp3) is 0.238. The lowest BCUT2D eigenvalue weighted by Crippen LogP contribution is -2.23. The maximum absolute atomic E-state index is 12.1. The highest BCUT2D eigenvalue weighted by Crippen LogP contribution is 2.41. The van der Waals surface area contributed by atoms with E-state index in [9.17, 15) is 4.79 Å². The van der Waals surface area contributed by atoms with Gasteiger partial charge in [0.1, 0.15) is 12.4 Å². The first-order valence-electron chi connectivity index (χ1n) is 8.74. The van der Waals surface area contributed by atoms with E-state index >= 15 is 0 Å². The summed E-state index contributed by atoms with van der Waals surface area (Å²) in [5.41, 5.74) is 5.38. The summed E-state index contributed by atoms with van der Waals surface area (Å²) in [5.74, 6) is 1.34. The summed E-state index contributed by atoms with van der Waals surface area (Å²) in [7, 11) is 0. The van der Waals surface area contributed by atoms with Crippen LogP contribution < -0.4 is 10.1 Å². The molecule has 0 saturated heterocycles. The topological polar surface area (TPSA) is 67.0 Å². The summed E-state index contributed by atoms with van der Waals surface area (Å²) < 4.78 is 6.16. The van der Waals surface area contributed by atoms with E-state index in [2.05, 4.69) is 34.6 Å². The first-order valence-corrected chi connectivity index (χ1v) is 8.74. The van der Waals surface area contributed by atoms with Gasteiger partial charge in [0, 0.05) is 29.2 Å². The van der Waals surface area contributed by atoms with Gasteiger partial charge in [-0.05, 0) is 31.0 Å². The van der Waals surface area contributed by atoms with Gasteiger partial charge < -0.3 is 10.1 Å². The number of benzene rings is 2. The molecule has 2 N–H and O–H groups in total. The van der Waals surface area contributed by atoms with Gasteiger partial charge >= 0.3 is 0 Å². The Morgan fingerprint density at radius 2 is 1.88 bits per heavy atom. The van der Waals surface area contributed by atoms with E-state index < -0.39 is 0 Å². The van der Waals surface area contributed by atoms with E-state index in [4.69, 9.17) is 4.74 Å². The van der Waals surface area contributed by atoms with E-state index in [1.54, 1.807) is 0 Å². The summed E-state index contributed by atoms with van der Waals surface area (Å²) >= 11 is 0. The third-order valence-electron chi connectivity index (χ3n) is 4.93. The molecule has 1 unspecified atom stereocenters. The van der Waals surface area contributed by atoms with Crippen molar-refractivity contribution in [1.29, 1.82) is 0 Å². The van der Waals surface area contributed by atoms with Crippen LogP contribution in [-0.4, -0.2) is 16.1 Å². The normalized spacial score (nSPS) is 16.1. The van der Waals surface area contributed by atoms with Gasteiger partial charge in [0.2, 0.25) is 5.91 Å². The fourth-order valence-corrected chi connectivity index (χ4v) is 3.52. The number of carbonyl (C=O) groups excluding carboxylic acids is 1. The smallest absolute Gasteiger partial charge is 0.226 e. The van der Waals surface area contributed by atoms with Crippen LogP contribution in [0.4, 0.5) is 5.82 Å². The SMILES string of the molecule is Cc1ccccc1COc1ccccc1C1CC(=O)Nc2n[nH]c(C)c21. The van der Waals surface area contributed by atoms with Crippen molar-refractivity contribution in [1.82, 2.24) is 10.2 Å². The Morgan fingerprint density at radius 1 is 1.12 bits per heavy atom. The number of hydrogen-bond donors (Lipinski definition) is 2. The second-order valence-corrected chi connectivity index (χ2v) is 6.67. The fourth-order valence-electron chi connectivity index (χ4n) is 3.52. The van der Waals surface area contributed by atoms with Crippen LogP contribution in [0.25, 0.3) is 0 Å². The molecule has 0 saturated carbocycles. The quantitative estimate of drug-likeness (QED) is 0.747. The zero-order valence-electron chi connectivity index (χ0n) is 14.9. The Bertz CT molecular complexity index is 961. The molecule has 0 spiro atoms. The summed E-state index contributed by atoms with van der Waals surface area (Å²) in [6, 6.07) is 16.1. The number of aromatic amines is 1. The van der Waals surface area contributed by atoms with Crippen molar-refractivity contribution in [2.45, 2.75) is 32.8 Å². The highest BCUT2D eigenvalue weighted by Gasteiger charge is 2.32. The van der Waals surface area contributed by atoms with Gasteiger partial charge in [-0.15, -0.1) is 0 Å². The van der Waals surface area contributed by atoms with Crippen molar-refractivity contribution < 1.29 is 9.53 Å². The standard InChI is InChI=1S/C21H21N3O2/c1-13-7-3-4-8-15(13)12-26-18-10-6-5-9-16(18)17-11-19(25)22-21-20(17)14(2)23-24-21/h3-10,17H,11-12H2,1-2H3,(H2,22,23,24,25). The predicted octanol–water partition coefficient (Wildman–Crippen LogP) is 4.08. The molecule has 1 aliphatic heterocycles. The van der Waals surface area contributed by atoms with Gasteiger partial charge in [0.25, 0.3) is 0 Å². The number of nitrogens with one attached hydrogen (secondary N) is 2. The van der Waals surface area contributed by atoms with Gasteiger partial charge in [-0.2, -0.15) is 5.10 Å². The summed E-state index contributed by atoms with van der Waals surface area (Å²) in [6.45, 7) is 4.56. The third-order valence-corrected chi connectivity index (χ3v) is 4.93. The zero-order chi connectivity index (χ0) is 18.1. The van der Waals surface area contributed by atoms with Crippen molar-refractivity contribution in [3.63, 3.8) is 0 Å². The number of H-pyrrole nitrogens is 1. The molecule has 3 aromatic rings. The molecule has 132 valence electrons. The molecule has 1 atom stereocenters. The molecule has 1 aliphatic rings. The third kappa shape index (κ3) is 2.96. The van der Waals surface area contributed by atoms with E-state index in [1.165, 1.54) is 5.56 Å². The predicted molar refractivity (Wildman–Crippen MR) is 100 cm³/mol. The van der Waals surface area contributed by atoms with Crippen LogP contribution in [0.5, 0.6) is 5.75 Å². The van der Waals surface area contributed by atoms with E-state index in [0.29, 0.717) is 18.8 Å². The maximum atomic E-state index is 12.1. The number of hydrogen-bond acceptors (Lipinski definition) is 3. The van der Waals surface area contributed by atoms with Crippen LogP contribution in [0, 0.1) is 13.8 Å². The second-order valence-electron chi connectivity index (χ2n) is 6.67. The minimum absolute atomic E-state index is 0.0253. The Labute approximate surface area is 152 Å². The minimum atomic E-state index is -0.0643. The molecule has 0 aliphatic carbocycles. The maximum Gasteiger partial charge on any atom is 0.226 e. The number of rotatable bonds is 4. The number of amides is 1. The van der Waals surface area contributed by atoms with Gasteiger partial charge in [-0.3, -0.25) is 9.89 Å². The molecule has 2 aromatic carbocycles. The van der Waals surface area contributed by atoms with Crippen molar-refractivity contribution in [3.05, 3.63) is 76.5 Å². The Balaban J connectivity index is 1.67. The highest BCUT2D eigenvalue weighted by molar-refractivity contribution is 5.94. The molecule has 0 radical (unpaired) electrons. The van der Waals surface area contributed by atoms with Crippen molar-refractivity contribution >= 4 is 11.7 Å². The molecular weight excluding hydrogens is 326 g/mol. The van der Waals surface area contributed by atoms with Gasteiger partial charge in [0.05, 0.1) is 0 Å². The van der Waals surface area contributed by atoms with Crippen molar-refractivity contribution in [2.24, 2.45) is 0 Å². The molecule has 0 bridgehead atoms. The molecule has 4 rings (SSSR count). The molecule has 2 heterocycles. The molecule has 5 heteroatoms. The summed E-state index contributed by atoms with van der Waals surface area (Å²) in [4.78, 5) is 12.1. The number of ether oxygens (including phenoxy) is 1. The Morgan fingerprint density at radius 3 is 2.73 bits per heavy atom. The number of anilines is 1. The van der Waals surface area contributed by atoms with E-state index in [0.717, 1.165) is 28.1 Å². The number of para-hydroxylation sites is 1.